The van der Waals surface area contributed by atoms with Gasteiger partial charge in [-0.2, -0.15) is 54.0 Å². The number of alkyl halides is 3. The fourth-order valence-corrected chi connectivity index (χ4v) is 15.0. The number of aliphatic hydroxyl groups is 4. The predicted octanol–water partition coefficient (Wildman–Crippen LogP) is 13.9. The van der Waals surface area contributed by atoms with Gasteiger partial charge in [-0.1, -0.05) is 140 Å². The quantitative estimate of drug-likeness (QED) is 0.0280. The van der Waals surface area contributed by atoms with Gasteiger partial charge in [-0.3, -0.25) is 39.1 Å². The second-order valence-corrected chi connectivity index (χ2v) is 30.3. The van der Waals surface area contributed by atoms with Gasteiger partial charge in [0.15, 0.2) is 23.3 Å². The third-order valence-corrected chi connectivity index (χ3v) is 21.9. The van der Waals surface area contributed by atoms with Gasteiger partial charge in [0.2, 0.25) is 22.5 Å². The molecule has 8 aromatic carbocycles. The Labute approximate surface area is 768 Å². The molecule has 0 radical (unpaired) electrons. The van der Waals surface area contributed by atoms with Crippen molar-refractivity contribution in [3.05, 3.63) is 405 Å². The van der Waals surface area contributed by atoms with E-state index in [1.165, 1.54) is 80.3 Å². The zero-order valence-electron chi connectivity index (χ0n) is 71.4. The number of amides is 4. The molecule has 0 aliphatic heterocycles. The maximum atomic E-state index is 13.4. The highest BCUT2D eigenvalue weighted by Crippen LogP contribution is 2.40. The number of ether oxygens (including phenoxy) is 2. The van der Waals surface area contributed by atoms with E-state index in [0.29, 0.717) is 67.3 Å². The van der Waals surface area contributed by atoms with Gasteiger partial charge < -0.3 is 71.1 Å². The van der Waals surface area contributed by atoms with E-state index in [4.69, 9.17) is 9.47 Å². The topological polar surface area (TPSA) is 485 Å². The molecule has 37 heteroatoms. The van der Waals surface area contributed by atoms with Gasteiger partial charge in [0.05, 0.1) is 108 Å². The molecule has 4 amide bonds. The SMILES string of the molecule is COc1ccc([C@](O)(C(=O)Nc2cncc(-c3cnnc4ccccc34)c2)c2ncc[nH]2)cc1.COc1ccc2nncc(-c3cncc(NC(=O)[C@@](O)(c4ccccc4)c4ncc[nH]4)c3)c2c1.O=C(N[C@@](O)(c1ccccc1)c1ncc[nH]1)c1cncc(-c2cnnc3ccccc23)c1.O=C(Nc1cncc(-c2cnnc3ccc(C(F)(F)F)cc23)c1)[C@@](O)(c1ccccc1)c1ncc[nH]1. The Kier molecular flexibility index (Phi) is 25.8. The second-order valence-electron chi connectivity index (χ2n) is 30.3. The van der Waals surface area contributed by atoms with E-state index in [9.17, 15) is 52.8 Å². The number of anilines is 3. The van der Waals surface area contributed by atoms with Crippen molar-refractivity contribution in [1.29, 1.82) is 0 Å². The first kappa shape index (κ1) is 89.6. The minimum absolute atomic E-state index is 0.0133. The van der Waals surface area contributed by atoms with Crippen LogP contribution in [0.2, 0.25) is 0 Å². The minimum Gasteiger partial charge on any atom is -0.497 e. The van der Waals surface area contributed by atoms with Crippen LogP contribution in [0, 0.1) is 0 Å². The van der Waals surface area contributed by atoms with E-state index in [0.717, 1.165) is 61.6 Å². The van der Waals surface area contributed by atoms with E-state index in [2.05, 4.69) is 122 Å². The molecule has 0 spiro atoms. The third-order valence-electron chi connectivity index (χ3n) is 21.9. The molecule has 4 atom stereocenters. The number of hydrogen-bond donors (Lipinski definition) is 12. The molecule has 0 aliphatic rings. The first-order valence-electron chi connectivity index (χ1n) is 41.4. The number of aromatic nitrogens is 20. The van der Waals surface area contributed by atoms with E-state index in [-0.39, 0.29) is 51.0 Å². The van der Waals surface area contributed by atoms with Crippen LogP contribution in [0.3, 0.4) is 0 Å². The van der Waals surface area contributed by atoms with Gasteiger partial charge in [-0.05, 0) is 84.9 Å². The minimum atomic E-state index is -4.53. The molecule has 0 saturated heterocycles. The number of carbonyl (C=O) groups is 4. The van der Waals surface area contributed by atoms with Crippen molar-refractivity contribution in [2.24, 2.45) is 0 Å². The van der Waals surface area contributed by atoms with Crippen LogP contribution in [-0.2, 0) is 43.1 Å². The van der Waals surface area contributed by atoms with Crippen molar-refractivity contribution in [3.8, 4) is 56.0 Å². The Morgan fingerprint density at radius 1 is 0.324 bits per heavy atom. The summed E-state index contributed by atoms with van der Waals surface area (Å²) in [5.74, 6) is -0.985. The molecule has 12 N–H and O–H groups in total. The average Bonchev–Trinajstić information content (AvgIpc) is 1.23. The van der Waals surface area contributed by atoms with Crippen LogP contribution in [0.15, 0.2) is 348 Å². The number of aromatic amines is 4. The molecule has 0 bridgehead atoms. The lowest BCUT2D eigenvalue weighted by Crippen LogP contribution is -2.47. The van der Waals surface area contributed by atoms with Crippen LogP contribution in [0.1, 0.15) is 61.5 Å². The number of carbonyl (C=O) groups excluding carboxylic acids is 4. The maximum absolute atomic E-state index is 13.4. The summed E-state index contributed by atoms with van der Waals surface area (Å²) in [6.07, 6.45) is 26.0. The number of rotatable bonds is 22. The van der Waals surface area contributed by atoms with Crippen LogP contribution >= 0.6 is 0 Å². The third kappa shape index (κ3) is 18.8. The molecule has 34 nitrogen and oxygen atoms in total. The number of imidazole rings is 4. The number of fused-ring (bicyclic) bond motifs is 4. The molecule has 0 saturated carbocycles. The number of nitrogens with one attached hydrogen (secondary N) is 8. The Bertz CT molecular complexity index is 7630. The highest BCUT2D eigenvalue weighted by atomic mass is 19.4. The summed E-state index contributed by atoms with van der Waals surface area (Å²) in [5, 5.41) is 92.2. The average molecular weight is 1820 g/mol. The zero-order valence-corrected chi connectivity index (χ0v) is 71.4. The van der Waals surface area contributed by atoms with E-state index < -0.39 is 57.9 Å². The van der Waals surface area contributed by atoms with Crippen molar-refractivity contribution in [3.63, 3.8) is 0 Å². The fraction of sp³-hybridized carbons (Fsp3) is 0.0707. The van der Waals surface area contributed by atoms with E-state index >= 15 is 0 Å². The second kappa shape index (κ2) is 39.2. The number of nitrogens with zero attached hydrogens (tertiary/aromatic N) is 16. The lowest BCUT2D eigenvalue weighted by Gasteiger charge is -2.27. The molecule has 0 fully saturated rings. The van der Waals surface area contributed by atoms with E-state index in [1.807, 2.05) is 72.8 Å². The van der Waals surface area contributed by atoms with Gasteiger partial charge in [0.25, 0.3) is 23.6 Å². The highest BCUT2D eigenvalue weighted by Gasteiger charge is 2.46. The summed E-state index contributed by atoms with van der Waals surface area (Å²) in [6.45, 7) is 0. The smallest absolute Gasteiger partial charge is 0.416 e. The molecule has 20 aromatic rings. The molecule has 136 heavy (non-hydrogen) atoms. The van der Waals surface area contributed by atoms with Gasteiger partial charge in [-0.25, -0.2) is 19.9 Å². The van der Waals surface area contributed by atoms with Gasteiger partial charge in [-0.15, -0.1) is 0 Å². The molecule has 0 unspecified atom stereocenters. The molecule has 672 valence electrons. The number of pyridine rings is 4. The lowest BCUT2D eigenvalue weighted by molar-refractivity contribution is -0.137. The summed E-state index contributed by atoms with van der Waals surface area (Å²) in [5.41, 5.74) is 1.62. The normalized spacial score (nSPS) is 12.9. The van der Waals surface area contributed by atoms with Crippen molar-refractivity contribution in [2.45, 2.75) is 28.7 Å². The summed E-state index contributed by atoms with van der Waals surface area (Å²) in [7, 11) is 3.14. The molecule has 20 rings (SSSR count). The zero-order chi connectivity index (χ0) is 94.4. The Hall–Kier alpha value is -18.3. The predicted molar refractivity (Wildman–Crippen MR) is 495 cm³/mol. The monoisotopic (exact) mass is 1820 g/mol. The Morgan fingerprint density at radius 3 is 1.05 bits per heavy atom. The highest BCUT2D eigenvalue weighted by molar-refractivity contribution is 6.05. The molecule has 12 aromatic heterocycles. The lowest BCUT2D eigenvalue weighted by atomic mass is 9.91. The molecule has 0 aliphatic carbocycles. The van der Waals surface area contributed by atoms with Crippen molar-refractivity contribution in [2.75, 3.05) is 30.2 Å². The largest absolute Gasteiger partial charge is 0.497 e. The summed E-state index contributed by atoms with van der Waals surface area (Å²) in [4.78, 5) is 98.1. The van der Waals surface area contributed by atoms with Crippen LogP contribution in [0.25, 0.3) is 88.1 Å². The molecule has 12 heterocycles. The summed E-state index contributed by atoms with van der Waals surface area (Å²) in [6, 6.07) is 63.0. The number of halogens is 3. The van der Waals surface area contributed by atoms with Gasteiger partial charge >= 0.3 is 6.18 Å². The van der Waals surface area contributed by atoms with Gasteiger partial charge in [0, 0.05) is 169 Å². The molecular weight excluding hydrogens is 1740 g/mol. The summed E-state index contributed by atoms with van der Waals surface area (Å²) >= 11 is 0. The number of methoxy groups -OCH3 is 2. The fourth-order valence-electron chi connectivity index (χ4n) is 15.0. The van der Waals surface area contributed by atoms with Crippen LogP contribution in [0.5, 0.6) is 11.5 Å². The maximum Gasteiger partial charge on any atom is 0.416 e. The first-order valence-corrected chi connectivity index (χ1v) is 41.4. The van der Waals surface area contributed by atoms with Crippen molar-refractivity contribution >= 4 is 84.3 Å². The van der Waals surface area contributed by atoms with Crippen LogP contribution in [-0.4, -0.2) is 159 Å². The van der Waals surface area contributed by atoms with Crippen LogP contribution < -0.4 is 30.7 Å². The first-order chi connectivity index (χ1) is 66.1. The Balaban J connectivity index is 0.000000126. The molecular formula is C99H75F3N24O10. The number of hydrogen-bond acceptors (Lipinski definition) is 26. The Morgan fingerprint density at radius 2 is 0.654 bits per heavy atom. The van der Waals surface area contributed by atoms with Crippen molar-refractivity contribution in [1.82, 2.24) is 106 Å². The van der Waals surface area contributed by atoms with Crippen molar-refractivity contribution < 1.29 is 62.2 Å². The van der Waals surface area contributed by atoms with E-state index in [1.54, 1.807) is 197 Å². The number of H-pyrrole nitrogens is 4. The standard InChI is InChI=1S/C25H17F3N6O2.2C25H20N6O3.C24H18N6O2/c26-25(27,28)17-6-7-21-19(11-17)20(14-32-34-21)15-10-18(13-29-12-15)33-23(35)24(36,22-30-8-9-31-22)16-4-2-1-3-5-16;1-34-19-8-6-17(7-9-19)25(33,23-27-10-11-28-23)24(32)30-18-12-16(13-26-14-18)21-15-29-31-22-5-3-2-4-20(21)22;1-34-19-7-8-22-20(12-19)21(15-29-31-22)16-11-18(14-26-13-16)30-24(32)25(33,23-27-9-10-28-23)17-5-3-2-4-6-17;31-22(29-24(32,23-26-10-11-27-23)18-6-2-1-3-7-18)17-12-16(13-25-14-17)20-15-28-30-21-9-5-4-8-19(20)21/h1-14,36H,(H,30,31)(H,33,35);2*2-15,33H,1H3,(H,27,28)(H,30,32);1-15,32H,(H,26,27)(H,29,31)/t24-;2*25-;24-/m1111/s1. The number of benzene rings is 8. The summed E-state index contributed by atoms with van der Waals surface area (Å²) < 4.78 is 50.4. The van der Waals surface area contributed by atoms with Crippen LogP contribution in [0.4, 0.5) is 30.2 Å². The van der Waals surface area contributed by atoms with Gasteiger partial charge in [0.1, 0.15) is 11.5 Å².